The van der Waals surface area contributed by atoms with Crippen LogP contribution in [0, 0.1) is 0 Å². The van der Waals surface area contributed by atoms with Crippen molar-refractivity contribution in [1.82, 2.24) is 0 Å². The molecule has 3 nitrogen and oxygen atoms in total. The Morgan fingerprint density at radius 2 is 2.00 bits per heavy atom. The van der Waals surface area contributed by atoms with Crippen LogP contribution in [0.1, 0.15) is 5.56 Å². The Labute approximate surface area is 120 Å². The van der Waals surface area contributed by atoms with Crippen LogP contribution >= 0.6 is 22.6 Å². The molecule has 0 aliphatic heterocycles. The Morgan fingerprint density at radius 3 is 2.67 bits per heavy atom. The van der Waals surface area contributed by atoms with Gasteiger partial charge in [-0.25, -0.2) is 0 Å². The Hall–Kier alpha value is -0.850. The molecule has 18 heavy (non-hydrogen) atoms. The van der Waals surface area contributed by atoms with Crippen molar-refractivity contribution in [3.8, 4) is 5.75 Å². The van der Waals surface area contributed by atoms with E-state index in [1.54, 1.807) is 7.11 Å². The van der Waals surface area contributed by atoms with Crippen LogP contribution in [0.4, 0.5) is 0 Å². The van der Waals surface area contributed by atoms with Crippen molar-refractivity contribution in [2.24, 2.45) is 0 Å². The highest BCUT2D eigenvalue weighted by atomic mass is 127. The Morgan fingerprint density at radius 1 is 1.28 bits per heavy atom. The molecule has 4 heteroatoms. The molecule has 0 spiro atoms. The summed E-state index contributed by atoms with van der Waals surface area (Å²) in [6, 6.07) is 7.71. The second-order valence-corrected chi connectivity index (χ2v) is 5.25. The highest BCUT2D eigenvalue weighted by molar-refractivity contribution is 14.1. The first kappa shape index (κ1) is 13.6. The van der Waals surface area contributed by atoms with E-state index in [9.17, 15) is 5.11 Å². The van der Waals surface area contributed by atoms with E-state index in [0.29, 0.717) is 6.61 Å². The van der Waals surface area contributed by atoms with Gasteiger partial charge in [-0.15, -0.1) is 0 Å². The van der Waals surface area contributed by atoms with Crippen LogP contribution < -0.4 is 4.74 Å². The summed E-state index contributed by atoms with van der Waals surface area (Å²) in [5, 5.41) is 9.93. The molecule has 0 saturated carbocycles. The number of hydrogen-bond acceptors (Lipinski definition) is 3. The third-order valence-corrected chi connectivity index (χ3v) is 3.75. The van der Waals surface area contributed by atoms with Gasteiger partial charge in [0, 0.05) is 3.58 Å². The molecular formula is C14H15IO3. The van der Waals surface area contributed by atoms with E-state index in [0.717, 1.165) is 14.9 Å². The van der Waals surface area contributed by atoms with Crippen LogP contribution in [0.2, 0.25) is 0 Å². The number of halogens is 1. The fourth-order valence-electron chi connectivity index (χ4n) is 1.68. The molecule has 0 unspecified atom stereocenters. The summed E-state index contributed by atoms with van der Waals surface area (Å²) in [4.78, 5) is 0. The minimum atomic E-state index is -0.561. The topological polar surface area (TPSA) is 38.7 Å². The van der Waals surface area contributed by atoms with Gasteiger partial charge in [-0.3, -0.25) is 0 Å². The van der Waals surface area contributed by atoms with Gasteiger partial charge in [0.2, 0.25) is 0 Å². The van der Waals surface area contributed by atoms with Crippen molar-refractivity contribution in [3.05, 3.63) is 51.6 Å². The Bertz CT molecular complexity index is 451. The number of rotatable bonds is 4. The molecule has 0 radical (unpaired) electrons. The molecule has 0 bridgehead atoms. The average molecular weight is 358 g/mol. The SMILES string of the molecule is COc1ccc(CO[C@H]2C=CC=C(I)[C@H]2O)cc1. The maximum absolute atomic E-state index is 9.93. The largest absolute Gasteiger partial charge is 0.497 e. The molecule has 1 aromatic carbocycles. The summed E-state index contributed by atoms with van der Waals surface area (Å²) in [6.45, 7) is 0.472. The Balaban J connectivity index is 1.91. The number of aliphatic hydroxyl groups excluding tert-OH is 1. The van der Waals surface area contributed by atoms with E-state index in [2.05, 4.69) is 22.6 Å². The minimum absolute atomic E-state index is 0.274. The van der Waals surface area contributed by atoms with E-state index in [4.69, 9.17) is 9.47 Å². The van der Waals surface area contributed by atoms with Crippen molar-refractivity contribution < 1.29 is 14.6 Å². The summed E-state index contributed by atoms with van der Waals surface area (Å²) < 4.78 is 11.7. The number of aliphatic hydroxyl groups is 1. The predicted octanol–water partition coefficient (Wildman–Crippen LogP) is 2.83. The summed E-state index contributed by atoms with van der Waals surface area (Å²) in [6.07, 6.45) is 4.83. The summed E-state index contributed by atoms with van der Waals surface area (Å²) in [5.74, 6) is 0.828. The Kier molecular flexibility index (Phi) is 4.79. The molecular weight excluding hydrogens is 343 g/mol. The van der Waals surface area contributed by atoms with E-state index in [-0.39, 0.29) is 6.10 Å². The fraction of sp³-hybridized carbons (Fsp3) is 0.286. The molecule has 0 saturated heterocycles. The van der Waals surface area contributed by atoms with Crippen LogP contribution in [0.5, 0.6) is 5.75 Å². The third-order valence-electron chi connectivity index (χ3n) is 2.75. The lowest BCUT2D eigenvalue weighted by atomic mass is 10.1. The molecule has 1 aromatic rings. The van der Waals surface area contributed by atoms with Crippen molar-refractivity contribution in [2.75, 3.05) is 7.11 Å². The van der Waals surface area contributed by atoms with Crippen molar-refractivity contribution in [2.45, 2.75) is 18.8 Å². The third kappa shape index (κ3) is 3.34. The zero-order chi connectivity index (χ0) is 13.0. The highest BCUT2D eigenvalue weighted by Gasteiger charge is 2.21. The first-order valence-corrected chi connectivity index (χ1v) is 6.75. The monoisotopic (exact) mass is 358 g/mol. The van der Waals surface area contributed by atoms with Gasteiger partial charge < -0.3 is 14.6 Å². The van der Waals surface area contributed by atoms with E-state index in [1.165, 1.54) is 0 Å². The molecule has 0 amide bonds. The molecule has 0 heterocycles. The van der Waals surface area contributed by atoms with Gasteiger partial charge in [-0.1, -0.05) is 30.4 Å². The minimum Gasteiger partial charge on any atom is -0.497 e. The lowest BCUT2D eigenvalue weighted by molar-refractivity contribution is 0.000120. The van der Waals surface area contributed by atoms with Crippen molar-refractivity contribution >= 4 is 22.6 Å². The van der Waals surface area contributed by atoms with Gasteiger partial charge in [-0.2, -0.15) is 0 Å². The summed E-state index contributed by atoms with van der Waals surface area (Å²) in [7, 11) is 1.64. The number of allylic oxidation sites excluding steroid dienone is 2. The van der Waals surface area contributed by atoms with E-state index < -0.39 is 6.10 Å². The van der Waals surface area contributed by atoms with Crippen LogP contribution in [0.3, 0.4) is 0 Å². The van der Waals surface area contributed by atoms with Crippen LogP contribution in [-0.2, 0) is 11.3 Å². The summed E-state index contributed by atoms with van der Waals surface area (Å²) in [5.41, 5.74) is 1.06. The van der Waals surface area contributed by atoms with Gasteiger partial charge in [-0.05, 0) is 40.3 Å². The van der Waals surface area contributed by atoms with Crippen molar-refractivity contribution in [1.29, 1.82) is 0 Å². The number of hydrogen-bond donors (Lipinski definition) is 1. The van der Waals surface area contributed by atoms with Gasteiger partial charge in [0.25, 0.3) is 0 Å². The van der Waals surface area contributed by atoms with E-state index in [1.807, 2.05) is 42.5 Å². The molecule has 2 rings (SSSR count). The predicted molar refractivity (Wildman–Crippen MR) is 78.8 cm³/mol. The first-order valence-electron chi connectivity index (χ1n) is 5.67. The quantitative estimate of drug-likeness (QED) is 0.842. The second-order valence-electron chi connectivity index (χ2n) is 4.00. The van der Waals surface area contributed by atoms with Gasteiger partial charge >= 0.3 is 0 Å². The zero-order valence-electron chi connectivity index (χ0n) is 10.0. The normalized spacial score (nSPS) is 22.7. The average Bonchev–Trinajstić information content (AvgIpc) is 2.41. The molecule has 1 aliphatic carbocycles. The highest BCUT2D eigenvalue weighted by Crippen LogP contribution is 2.23. The van der Waals surface area contributed by atoms with Crippen LogP contribution in [-0.4, -0.2) is 24.4 Å². The zero-order valence-corrected chi connectivity index (χ0v) is 12.2. The maximum Gasteiger partial charge on any atom is 0.118 e. The van der Waals surface area contributed by atoms with Crippen LogP contribution in [0.25, 0.3) is 0 Å². The number of methoxy groups -OCH3 is 1. The van der Waals surface area contributed by atoms with E-state index >= 15 is 0 Å². The smallest absolute Gasteiger partial charge is 0.118 e. The van der Waals surface area contributed by atoms with Gasteiger partial charge in [0.05, 0.1) is 13.7 Å². The fourth-order valence-corrected chi connectivity index (χ4v) is 2.24. The number of ether oxygens (including phenoxy) is 2. The molecule has 0 fully saturated rings. The van der Waals surface area contributed by atoms with Gasteiger partial charge in [0.1, 0.15) is 18.0 Å². The standard InChI is InChI=1S/C14H15IO3/c1-17-11-7-5-10(6-8-11)9-18-13-4-2-3-12(15)14(13)16/h2-8,13-14,16H,9H2,1H3/t13-,14+/m0/s1. The molecule has 0 aromatic heterocycles. The van der Waals surface area contributed by atoms with Gasteiger partial charge in [0.15, 0.2) is 0 Å². The second kappa shape index (κ2) is 6.36. The molecule has 1 aliphatic rings. The first-order chi connectivity index (χ1) is 8.70. The maximum atomic E-state index is 9.93. The van der Waals surface area contributed by atoms with Crippen molar-refractivity contribution in [3.63, 3.8) is 0 Å². The molecule has 96 valence electrons. The van der Waals surface area contributed by atoms with Crippen LogP contribution in [0.15, 0.2) is 46.1 Å². The molecule has 1 N–H and O–H groups in total. The lowest BCUT2D eigenvalue weighted by Crippen LogP contribution is -2.28. The number of benzene rings is 1. The lowest BCUT2D eigenvalue weighted by Gasteiger charge is -2.22. The molecule has 2 atom stereocenters. The summed E-state index contributed by atoms with van der Waals surface area (Å²) >= 11 is 2.12.